The standard InChI is InChI=1S/C13H21ClN2O2/c1-5-11-13(14)12(16(3)15-11)7-10(17)6-9(2)8-18-4/h9H,5-8H2,1-4H3. The van der Waals surface area contributed by atoms with Gasteiger partial charge in [-0.25, -0.2) is 0 Å². The SMILES string of the molecule is CCc1nn(C)c(CC(=O)CC(C)COC)c1Cl. The minimum absolute atomic E-state index is 0.173. The zero-order valence-electron chi connectivity index (χ0n) is 11.5. The third-order valence-corrected chi connectivity index (χ3v) is 3.33. The van der Waals surface area contributed by atoms with Crippen LogP contribution in [0.3, 0.4) is 0 Å². The summed E-state index contributed by atoms with van der Waals surface area (Å²) in [7, 11) is 3.47. The Bertz CT molecular complexity index is 415. The third kappa shape index (κ3) is 3.82. The Morgan fingerprint density at radius 1 is 1.56 bits per heavy atom. The van der Waals surface area contributed by atoms with Crippen LogP contribution in [0, 0.1) is 5.92 Å². The first-order chi connectivity index (χ1) is 8.49. The van der Waals surface area contributed by atoms with Crippen molar-refractivity contribution < 1.29 is 9.53 Å². The van der Waals surface area contributed by atoms with Crippen LogP contribution in [0.15, 0.2) is 0 Å². The molecule has 0 aliphatic heterocycles. The van der Waals surface area contributed by atoms with E-state index >= 15 is 0 Å². The van der Waals surface area contributed by atoms with Crippen molar-refractivity contribution in [1.29, 1.82) is 0 Å². The van der Waals surface area contributed by atoms with Gasteiger partial charge in [0.15, 0.2) is 0 Å². The van der Waals surface area contributed by atoms with Crippen molar-refractivity contribution in [2.24, 2.45) is 13.0 Å². The van der Waals surface area contributed by atoms with Crippen molar-refractivity contribution in [3.8, 4) is 0 Å². The highest BCUT2D eigenvalue weighted by Crippen LogP contribution is 2.22. The van der Waals surface area contributed by atoms with E-state index in [1.165, 1.54) is 0 Å². The van der Waals surface area contributed by atoms with Crippen molar-refractivity contribution in [1.82, 2.24) is 9.78 Å². The van der Waals surface area contributed by atoms with E-state index in [4.69, 9.17) is 16.3 Å². The van der Waals surface area contributed by atoms with Gasteiger partial charge in [-0.05, 0) is 12.3 Å². The lowest BCUT2D eigenvalue weighted by Crippen LogP contribution is -2.14. The number of Topliss-reactive ketones (excluding diaryl/α,β-unsaturated/α-hetero) is 1. The molecule has 0 aromatic carbocycles. The Kier molecular flexibility index (Phi) is 5.82. The van der Waals surface area contributed by atoms with Crippen LogP contribution in [-0.4, -0.2) is 29.3 Å². The van der Waals surface area contributed by atoms with Crippen LogP contribution in [0.4, 0.5) is 0 Å². The van der Waals surface area contributed by atoms with E-state index < -0.39 is 0 Å². The van der Waals surface area contributed by atoms with E-state index in [1.54, 1.807) is 11.8 Å². The van der Waals surface area contributed by atoms with E-state index in [0.29, 0.717) is 24.5 Å². The first kappa shape index (κ1) is 15.2. The second-order valence-electron chi connectivity index (χ2n) is 4.66. The smallest absolute Gasteiger partial charge is 0.139 e. The molecule has 0 spiro atoms. The lowest BCUT2D eigenvalue weighted by Gasteiger charge is -2.09. The van der Waals surface area contributed by atoms with Crippen LogP contribution in [0.2, 0.25) is 5.02 Å². The van der Waals surface area contributed by atoms with Crippen molar-refractivity contribution >= 4 is 17.4 Å². The van der Waals surface area contributed by atoms with Gasteiger partial charge < -0.3 is 4.74 Å². The molecule has 1 aromatic rings. The van der Waals surface area contributed by atoms with Gasteiger partial charge in [0, 0.05) is 33.6 Å². The van der Waals surface area contributed by atoms with E-state index in [9.17, 15) is 4.79 Å². The number of nitrogens with zero attached hydrogens (tertiary/aromatic N) is 2. The molecule has 0 aliphatic rings. The lowest BCUT2D eigenvalue weighted by molar-refractivity contribution is -0.119. The summed E-state index contributed by atoms with van der Waals surface area (Å²) in [4.78, 5) is 11.9. The molecular weight excluding hydrogens is 252 g/mol. The highest BCUT2D eigenvalue weighted by molar-refractivity contribution is 6.32. The molecule has 1 unspecified atom stereocenters. The average molecular weight is 273 g/mol. The molecule has 102 valence electrons. The molecule has 1 heterocycles. The predicted molar refractivity (Wildman–Crippen MR) is 72.0 cm³/mol. The zero-order valence-corrected chi connectivity index (χ0v) is 12.3. The fourth-order valence-electron chi connectivity index (χ4n) is 2.00. The molecule has 0 N–H and O–H groups in total. The molecule has 0 saturated carbocycles. The van der Waals surface area contributed by atoms with Crippen molar-refractivity contribution in [3.05, 3.63) is 16.4 Å². The number of carbonyl (C=O) groups is 1. The molecule has 0 aliphatic carbocycles. The number of rotatable bonds is 7. The van der Waals surface area contributed by atoms with E-state index in [2.05, 4.69) is 5.10 Å². The van der Waals surface area contributed by atoms with Gasteiger partial charge in [-0.1, -0.05) is 25.4 Å². The topological polar surface area (TPSA) is 44.1 Å². The van der Waals surface area contributed by atoms with Gasteiger partial charge in [-0.2, -0.15) is 5.10 Å². The number of hydrogen-bond acceptors (Lipinski definition) is 3. The molecule has 0 fully saturated rings. The Labute approximate surface area is 113 Å². The Morgan fingerprint density at radius 2 is 2.22 bits per heavy atom. The molecule has 18 heavy (non-hydrogen) atoms. The number of carbonyl (C=O) groups excluding carboxylic acids is 1. The van der Waals surface area contributed by atoms with E-state index in [-0.39, 0.29) is 11.7 Å². The molecule has 1 aromatic heterocycles. The summed E-state index contributed by atoms with van der Waals surface area (Å²) in [6.07, 6.45) is 1.63. The van der Waals surface area contributed by atoms with Crippen LogP contribution < -0.4 is 0 Å². The van der Waals surface area contributed by atoms with E-state index in [0.717, 1.165) is 17.8 Å². The van der Waals surface area contributed by atoms with Crippen molar-refractivity contribution in [2.45, 2.75) is 33.1 Å². The molecule has 0 radical (unpaired) electrons. The van der Waals surface area contributed by atoms with Gasteiger partial charge in [0.2, 0.25) is 0 Å². The highest BCUT2D eigenvalue weighted by atomic mass is 35.5. The Morgan fingerprint density at radius 3 is 2.72 bits per heavy atom. The quantitative estimate of drug-likeness (QED) is 0.766. The van der Waals surface area contributed by atoms with Crippen LogP contribution in [0.5, 0.6) is 0 Å². The predicted octanol–water partition coefficient (Wildman–Crippen LogP) is 2.42. The first-order valence-electron chi connectivity index (χ1n) is 6.20. The molecule has 0 bridgehead atoms. The molecule has 1 atom stereocenters. The second-order valence-corrected chi connectivity index (χ2v) is 5.04. The normalized spacial score (nSPS) is 12.7. The number of methoxy groups -OCH3 is 1. The molecule has 1 rings (SSSR count). The molecule has 4 nitrogen and oxygen atoms in total. The maximum atomic E-state index is 11.9. The highest BCUT2D eigenvalue weighted by Gasteiger charge is 2.17. The molecule has 0 amide bonds. The number of aryl methyl sites for hydroxylation is 2. The summed E-state index contributed by atoms with van der Waals surface area (Å²) in [6, 6.07) is 0. The fourth-order valence-corrected chi connectivity index (χ4v) is 2.36. The van der Waals surface area contributed by atoms with Gasteiger partial charge in [-0.15, -0.1) is 0 Å². The van der Waals surface area contributed by atoms with Crippen molar-refractivity contribution in [2.75, 3.05) is 13.7 Å². The molecule has 5 heteroatoms. The molecule has 0 saturated heterocycles. The van der Waals surface area contributed by atoms with Gasteiger partial charge >= 0.3 is 0 Å². The maximum Gasteiger partial charge on any atom is 0.139 e. The average Bonchev–Trinajstić information content (AvgIpc) is 2.56. The first-order valence-corrected chi connectivity index (χ1v) is 6.58. The van der Waals surface area contributed by atoms with Crippen LogP contribution in [-0.2, 0) is 29.4 Å². The van der Waals surface area contributed by atoms with Crippen LogP contribution in [0.1, 0.15) is 31.7 Å². The number of hydrogen-bond donors (Lipinski definition) is 0. The maximum absolute atomic E-state index is 11.9. The van der Waals surface area contributed by atoms with Crippen molar-refractivity contribution in [3.63, 3.8) is 0 Å². The van der Waals surface area contributed by atoms with Crippen LogP contribution in [0.25, 0.3) is 0 Å². The summed E-state index contributed by atoms with van der Waals surface area (Å²) >= 11 is 6.21. The third-order valence-electron chi connectivity index (χ3n) is 2.89. The van der Waals surface area contributed by atoms with E-state index in [1.807, 2.05) is 20.9 Å². The number of ketones is 1. The lowest BCUT2D eigenvalue weighted by atomic mass is 10.0. The van der Waals surface area contributed by atoms with Gasteiger partial charge in [-0.3, -0.25) is 9.48 Å². The summed E-state index contributed by atoms with van der Waals surface area (Å²) in [5.41, 5.74) is 1.66. The number of aromatic nitrogens is 2. The van der Waals surface area contributed by atoms with Crippen LogP contribution >= 0.6 is 11.6 Å². The minimum atomic E-state index is 0.173. The zero-order chi connectivity index (χ0) is 13.7. The number of ether oxygens (including phenoxy) is 1. The summed E-state index contributed by atoms with van der Waals surface area (Å²) < 4.78 is 6.74. The Balaban J connectivity index is 2.67. The fraction of sp³-hybridized carbons (Fsp3) is 0.692. The minimum Gasteiger partial charge on any atom is -0.384 e. The van der Waals surface area contributed by atoms with Gasteiger partial charge in [0.1, 0.15) is 5.78 Å². The number of halogens is 1. The monoisotopic (exact) mass is 272 g/mol. The van der Waals surface area contributed by atoms with Gasteiger partial charge in [0.25, 0.3) is 0 Å². The largest absolute Gasteiger partial charge is 0.384 e. The summed E-state index contributed by atoms with van der Waals surface area (Å²) in [5.74, 6) is 0.409. The summed E-state index contributed by atoms with van der Waals surface area (Å²) in [6.45, 7) is 4.61. The second kappa shape index (κ2) is 6.90. The van der Waals surface area contributed by atoms with Gasteiger partial charge in [0.05, 0.1) is 16.4 Å². The summed E-state index contributed by atoms with van der Waals surface area (Å²) in [5, 5.41) is 4.94. The molecular formula is C13H21ClN2O2. The Hall–Kier alpha value is -0.870.